The zero-order valence-electron chi connectivity index (χ0n) is 17.9. The number of nitrogens with zero attached hydrogens (tertiary/aromatic N) is 2. The monoisotopic (exact) mass is 456 g/mol. The Bertz CT molecular complexity index is 1070. The molecule has 1 fully saturated rings. The molecule has 168 valence electrons. The van der Waals surface area contributed by atoms with Gasteiger partial charge in [-0.3, -0.25) is 9.59 Å². The number of piperidine rings is 1. The molecule has 1 aliphatic heterocycles. The van der Waals surface area contributed by atoms with Crippen molar-refractivity contribution in [2.45, 2.75) is 19.4 Å². The van der Waals surface area contributed by atoms with E-state index in [0.29, 0.717) is 48.9 Å². The van der Waals surface area contributed by atoms with E-state index in [-0.39, 0.29) is 24.4 Å². The normalized spacial score (nSPS) is 14.2. The zero-order valence-corrected chi connectivity index (χ0v) is 18.7. The van der Waals surface area contributed by atoms with E-state index >= 15 is 0 Å². The third-order valence-corrected chi connectivity index (χ3v) is 6.33. The second-order valence-electron chi connectivity index (χ2n) is 7.37. The fourth-order valence-electron chi connectivity index (χ4n) is 3.61. The summed E-state index contributed by atoms with van der Waals surface area (Å²) in [6.45, 7) is 1.12. The van der Waals surface area contributed by atoms with E-state index in [0.717, 1.165) is 10.6 Å². The average molecular weight is 457 g/mol. The zero-order chi connectivity index (χ0) is 22.5. The number of rotatable bonds is 7. The highest BCUT2D eigenvalue weighted by Crippen LogP contribution is 2.33. The molecule has 32 heavy (non-hydrogen) atoms. The molecule has 0 N–H and O–H groups in total. The fourth-order valence-corrected chi connectivity index (χ4v) is 4.41. The number of hydrogen-bond donors (Lipinski definition) is 0. The molecule has 0 spiro atoms. The van der Waals surface area contributed by atoms with Gasteiger partial charge >= 0.3 is 5.97 Å². The van der Waals surface area contributed by atoms with Crippen LogP contribution in [0, 0.1) is 5.92 Å². The molecule has 2 aromatic heterocycles. The van der Waals surface area contributed by atoms with Crippen molar-refractivity contribution in [1.29, 1.82) is 0 Å². The van der Waals surface area contributed by atoms with Crippen LogP contribution in [0.2, 0.25) is 0 Å². The first-order chi connectivity index (χ1) is 15.6. The Labute approximate surface area is 189 Å². The molecular weight excluding hydrogens is 432 g/mol. The Morgan fingerprint density at radius 3 is 2.62 bits per heavy atom. The van der Waals surface area contributed by atoms with Gasteiger partial charge in [0.15, 0.2) is 17.3 Å². The molecule has 1 aromatic carbocycles. The molecule has 0 radical (unpaired) electrons. The molecular formula is C23H24N2O6S. The van der Waals surface area contributed by atoms with Gasteiger partial charge in [-0.15, -0.1) is 11.3 Å². The molecule has 1 saturated heterocycles. The fraction of sp³-hybridized carbons (Fsp3) is 0.348. The third kappa shape index (κ3) is 4.77. The lowest BCUT2D eigenvalue weighted by Gasteiger charge is -2.30. The number of carbonyl (C=O) groups excluding carboxylic acids is 2. The first kappa shape index (κ1) is 21.9. The molecule has 0 saturated carbocycles. The second kappa shape index (κ2) is 9.86. The van der Waals surface area contributed by atoms with Crippen LogP contribution in [0.4, 0.5) is 0 Å². The van der Waals surface area contributed by atoms with Crippen LogP contribution in [-0.2, 0) is 16.1 Å². The molecule has 0 bridgehead atoms. The molecule has 0 atom stereocenters. The van der Waals surface area contributed by atoms with Crippen molar-refractivity contribution in [1.82, 2.24) is 9.88 Å². The second-order valence-corrected chi connectivity index (χ2v) is 8.22. The van der Waals surface area contributed by atoms with Gasteiger partial charge in [0.2, 0.25) is 0 Å². The third-order valence-electron chi connectivity index (χ3n) is 5.39. The van der Waals surface area contributed by atoms with E-state index in [1.54, 1.807) is 31.3 Å². The summed E-state index contributed by atoms with van der Waals surface area (Å²) in [4.78, 5) is 31.1. The molecule has 1 amide bonds. The molecule has 4 rings (SSSR count). The Morgan fingerprint density at radius 2 is 1.94 bits per heavy atom. The number of furan rings is 1. The topological polar surface area (TPSA) is 91.1 Å². The van der Waals surface area contributed by atoms with Crippen LogP contribution >= 0.6 is 11.3 Å². The number of carbonyl (C=O) groups is 2. The summed E-state index contributed by atoms with van der Waals surface area (Å²) in [5, 5.41) is 2.69. The van der Waals surface area contributed by atoms with Crippen molar-refractivity contribution in [2.24, 2.45) is 5.92 Å². The number of ether oxygens (including phenoxy) is 3. The largest absolute Gasteiger partial charge is 0.493 e. The molecule has 9 heteroatoms. The Kier molecular flexibility index (Phi) is 6.75. The van der Waals surface area contributed by atoms with E-state index in [1.165, 1.54) is 17.6 Å². The van der Waals surface area contributed by atoms with Crippen molar-refractivity contribution in [2.75, 3.05) is 27.3 Å². The van der Waals surface area contributed by atoms with Crippen molar-refractivity contribution < 1.29 is 28.2 Å². The van der Waals surface area contributed by atoms with Crippen molar-refractivity contribution in [3.05, 3.63) is 53.4 Å². The summed E-state index contributed by atoms with van der Waals surface area (Å²) in [5.41, 5.74) is 1.59. The number of amides is 1. The summed E-state index contributed by atoms with van der Waals surface area (Å²) < 4.78 is 21.3. The molecule has 0 aliphatic carbocycles. The number of aromatic nitrogens is 1. The van der Waals surface area contributed by atoms with E-state index in [2.05, 4.69) is 4.98 Å². The smallest absolute Gasteiger partial charge is 0.309 e. The predicted molar refractivity (Wildman–Crippen MR) is 118 cm³/mol. The van der Waals surface area contributed by atoms with Crippen LogP contribution in [0.5, 0.6) is 11.5 Å². The SMILES string of the molecule is COc1ccc(-c2nc(COC(=O)C3CCN(C(=O)c4ccco4)CC3)cs2)cc1OC. The minimum absolute atomic E-state index is 0.119. The number of thiazole rings is 1. The number of hydrogen-bond acceptors (Lipinski definition) is 8. The number of benzene rings is 1. The Morgan fingerprint density at radius 1 is 1.16 bits per heavy atom. The summed E-state index contributed by atoms with van der Waals surface area (Å²) in [7, 11) is 3.18. The summed E-state index contributed by atoms with van der Waals surface area (Å²) >= 11 is 1.47. The van der Waals surface area contributed by atoms with Gasteiger partial charge in [-0.25, -0.2) is 4.98 Å². The van der Waals surface area contributed by atoms with Crippen molar-refractivity contribution >= 4 is 23.2 Å². The van der Waals surface area contributed by atoms with Crippen LogP contribution in [-0.4, -0.2) is 49.1 Å². The average Bonchev–Trinajstić information content (AvgIpc) is 3.54. The van der Waals surface area contributed by atoms with E-state index in [4.69, 9.17) is 18.6 Å². The predicted octanol–water partition coefficient (Wildman–Crippen LogP) is 4.02. The van der Waals surface area contributed by atoms with E-state index < -0.39 is 0 Å². The molecule has 8 nitrogen and oxygen atoms in total. The number of methoxy groups -OCH3 is 2. The lowest BCUT2D eigenvalue weighted by atomic mass is 9.97. The minimum Gasteiger partial charge on any atom is -0.493 e. The quantitative estimate of drug-likeness (QED) is 0.496. The summed E-state index contributed by atoms with van der Waals surface area (Å²) in [6, 6.07) is 8.94. The van der Waals surface area contributed by atoms with Crippen LogP contribution in [0.3, 0.4) is 0 Å². The first-order valence-electron chi connectivity index (χ1n) is 10.2. The Balaban J connectivity index is 1.29. The van der Waals surface area contributed by atoms with Gasteiger partial charge < -0.3 is 23.5 Å². The first-order valence-corrected chi connectivity index (χ1v) is 11.1. The lowest BCUT2D eigenvalue weighted by Crippen LogP contribution is -2.40. The molecule has 3 heterocycles. The standard InChI is InChI=1S/C23H24N2O6S/c1-28-18-6-5-16(12-20(18)29-2)21-24-17(14-32-21)13-31-23(27)15-7-9-25(10-8-15)22(26)19-4-3-11-30-19/h3-6,11-12,14-15H,7-10,13H2,1-2H3. The van der Waals surface area contributed by atoms with Gasteiger partial charge in [-0.2, -0.15) is 0 Å². The maximum atomic E-state index is 12.5. The number of likely N-dealkylation sites (tertiary alicyclic amines) is 1. The van der Waals surface area contributed by atoms with E-state index in [1.807, 2.05) is 23.6 Å². The molecule has 0 unspecified atom stereocenters. The van der Waals surface area contributed by atoms with Crippen molar-refractivity contribution in [3.8, 4) is 22.1 Å². The highest BCUT2D eigenvalue weighted by molar-refractivity contribution is 7.13. The minimum atomic E-state index is -0.254. The van der Waals surface area contributed by atoms with Crippen LogP contribution in [0.25, 0.3) is 10.6 Å². The van der Waals surface area contributed by atoms with Crippen molar-refractivity contribution in [3.63, 3.8) is 0 Å². The van der Waals surface area contributed by atoms with Crippen LogP contribution in [0.1, 0.15) is 29.1 Å². The summed E-state index contributed by atoms with van der Waals surface area (Å²) in [5.74, 6) is 0.978. The maximum absolute atomic E-state index is 12.5. The van der Waals surface area contributed by atoms with Gasteiger partial charge in [0.1, 0.15) is 11.6 Å². The lowest BCUT2D eigenvalue weighted by molar-refractivity contribution is -0.151. The molecule has 1 aliphatic rings. The van der Waals surface area contributed by atoms with Gasteiger partial charge in [-0.05, 0) is 43.2 Å². The maximum Gasteiger partial charge on any atom is 0.309 e. The van der Waals surface area contributed by atoms with Gasteiger partial charge in [0.05, 0.1) is 32.1 Å². The van der Waals surface area contributed by atoms with Gasteiger partial charge in [0.25, 0.3) is 5.91 Å². The highest BCUT2D eigenvalue weighted by Gasteiger charge is 2.29. The van der Waals surface area contributed by atoms with Crippen LogP contribution < -0.4 is 9.47 Å². The van der Waals surface area contributed by atoms with E-state index in [9.17, 15) is 9.59 Å². The van der Waals surface area contributed by atoms with Gasteiger partial charge in [-0.1, -0.05) is 0 Å². The van der Waals surface area contributed by atoms with Gasteiger partial charge in [0, 0.05) is 24.0 Å². The van der Waals surface area contributed by atoms with Crippen LogP contribution in [0.15, 0.2) is 46.4 Å². The highest BCUT2D eigenvalue weighted by atomic mass is 32.1. The number of esters is 1. The Hall–Kier alpha value is -3.33. The summed E-state index contributed by atoms with van der Waals surface area (Å²) in [6.07, 6.45) is 2.62. The molecule has 3 aromatic rings.